The van der Waals surface area contributed by atoms with Gasteiger partial charge in [0.05, 0.1) is 31.8 Å². The van der Waals surface area contributed by atoms with E-state index in [0.29, 0.717) is 19.6 Å². The lowest BCUT2D eigenvalue weighted by Gasteiger charge is -2.20. The largest absolute Gasteiger partial charge is 0.466 e. The van der Waals surface area contributed by atoms with E-state index in [0.717, 1.165) is 11.1 Å². The Balaban J connectivity index is 2.53. The molecule has 0 saturated heterocycles. The van der Waals surface area contributed by atoms with E-state index in [1.54, 1.807) is 6.92 Å². The fraction of sp³-hybridized carbons (Fsp3) is 0.500. The summed E-state index contributed by atoms with van der Waals surface area (Å²) in [5, 5.41) is 10.2. The molecule has 0 amide bonds. The second-order valence-electron chi connectivity index (χ2n) is 5.44. The minimum atomic E-state index is -0.877. The maximum Gasteiger partial charge on any atom is 0.311 e. The molecule has 0 spiro atoms. The van der Waals surface area contributed by atoms with Crippen molar-refractivity contribution >= 4 is 5.97 Å². The molecule has 0 aliphatic heterocycles. The lowest BCUT2D eigenvalue weighted by molar-refractivity contribution is -0.153. The Labute approximate surface area is 132 Å². The predicted molar refractivity (Wildman–Crippen MR) is 86.3 cm³/mol. The second kappa shape index (κ2) is 10.1. The Morgan fingerprint density at radius 3 is 2.55 bits per heavy atom. The second-order valence-corrected chi connectivity index (χ2v) is 5.44. The van der Waals surface area contributed by atoms with E-state index in [9.17, 15) is 9.90 Å². The summed E-state index contributed by atoms with van der Waals surface area (Å²) >= 11 is 0. The SMILES string of the molecule is CCOC(=O)[C@@H](CC=C(C)C)[C@@H](O)COCc1ccccc1. The molecule has 4 heteroatoms. The van der Waals surface area contributed by atoms with Crippen LogP contribution in [0.25, 0.3) is 0 Å². The molecule has 0 aliphatic carbocycles. The van der Waals surface area contributed by atoms with E-state index in [2.05, 4.69) is 0 Å². The first-order chi connectivity index (χ1) is 10.5. The molecule has 4 nitrogen and oxygen atoms in total. The zero-order chi connectivity index (χ0) is 16.4. The summed E-state index contributed by atoms with van der Waals surface area (Å²) in [6, 6.07) is 9.72. The summed E-state index contributed by atoms with van der Waals surface area (Å²) in [6.45, 7) is 6.50. The number of esters is 1. The van der Waals surface area contributed by atoms with Gasteiger partial charge in [0.25, 0.3) is 0 Å². The van der Waals surface area contributed by atoms with E-state index in [1.165, 1.54) is 0 Å². The number of hydrogen-bond donors (Lipinski definition) is 1. The monoisotopic (exact) mass is 306 g/mol. The van der Waals surface area contributed by atoms with Crippen molar-refractivity contribution in [3.63, 3.8) is 0 Å². The number of hydrogen-bond acceptors (Lipinski definition) is 4. The van der Waals surface area contributed by atoms with Crippen LogP contribution in [0, 0.1) is 5.92 Å². The van der Waals surface area contributed by atoms with Gasteiger partial charge < -0.3 is 14.6 Å². The fourth-order valence-electron chi connectivity index (χ4n) is 2.01. The molecule has 1 rings (SSSR count). The van der Waals surface area contributed by atoms with Crippen LogP contribution < -0.4 is 0 Å². The first-order valence-electron chi connectivity index (χ1n) is 7.64. The van der Waals surface area contributed by atoms with Gasteiger partial charge in [-0.25, -0.2) is 0 Å². The van der Waals surface area contributed by atoms with Crippen molar-refractivity contribution in [2.75, 3.05) is 13.2 Å². The fourth-order valence-corrected chi connectivity index (χ4v) is 2.01. The van der Waals surface area contributed by atoms with Crippen molar-refractivity contribution in [2.24, 2.45) is 5.92 Å². The number of carbonyl (C=O) groups excluding carboxylic acids is 1. The summed E-state index contributed by atoms with van der Waals surface area (Å²) in [5.41, 5.74) is 2.14. The third kappa shape index (κ3) is 6.87. The van der Waals surface area contributed by atoms with Gasteiger partial charge >= 0.3 is 5.97 Å². The molecular weight excluding hydrogens is 280 g/mol. The van der Waals surface area contributed by atoms with Crippen LogP contribution in [0.4, 0.5) is 0 Å². The molecule has 0 bridgehead atoms. The molecule has 122 valence electrons. The van der Waals surface area contributed by atoms with Crippen molar-refractivity contribution in [2.45, 2.75) is 39.9 Å². The number of allylic oxidation sites excluding steroid dienone is 2. The molecule has 22 heavy (non-hydrogen) atoms. The zero-order valence-corrected chi connectivity index (χ0v) is 13.6. The quantitative estimate of drug-likeness (QED) is 0.562. The van der Waals surface area contributed by atoms with Gasteiger partial charge in [0.2, 0.25) is 0 Å². The lowest BCUT2D eigenvalue weighted by atomic mass is 9.98. The minimum absolute atomic E-state index is 0.106. The molecule has 0 fully saturated rings. The van der Waals surface area contributed by atoms with E-state index >= 15 is 0 Å². The smallest absolute Gasteiger partial charge is 0.311 e. The molecule has 0 radical (unpaired) electrons. The molecule has 1 aromatic carbocycles. The first kappa shape index (κ1) is 18.4. The highest BCUT2D eigenvalue weighted by molar-refractivity contribution is 5.73. The summed E-state index contributed by atoms with van der Waals surface area (Å²) in [7, 11) is 0. The van der Waals surface area contributed by atoms with Crippen molar-refractivity contribution in [1.82, 2.24) is 0 Å². The number of ether oxygens (including phenoxy) is 2. The normalized spacial score (nSPS) is 13.3. The number of benzene rings is 1. The van der Waals surface area contributed by atoms with Crippen LogP contribution in [-0.2, 0) is 20.9 Å². The molecule has 1 aromatic rings. The lowest BCUT2D eigenvalue weighted by Crippen LogP contribution is -2.33. The molecule has 1 N–H and O–H groups in total. The molecule has 0 aliphatic rings. The van der Waals surface area contributed by atoms with Gasteiger partial charge in [-0.1, -0.05) is 42.0 Å². The topological polar surface area (TPSA) is 55.8 Å². The van der Waals surface area contributed by atoms with E-state index in [1.807, 2.05) is 50.3 Å². The third-order valence-electron chi connectivity index (χ3n) is 3.23. The average Bonchev–Trinajstić information content (AvgIpc) is 2.48. The molecule has 0 aromatic heterocycles. The Morgan fingerprint density at radius 1 is 1.27 bits per heavy atom. The average molecular weight is 306 g/mol. The maximum atomic E-state index is 12.0. The highest BCUT2D eigenvalue weighted by Gasteiger charge is 2.27. The number of rotatable bonds is 9. The number of carbonyl (C=O) groups is 1. The van der Waals surface area contributed by atoms with Gasteiger partial charge in [0.15, 0.2) is 0 Å². The zero-order valence-electron chi connectivity index (χ0n) is 13.6. The Morgan fingerprint density at radius 2 is 1.95 bits per heavy atom. The summed E-state index contributed by atoms with van der Waals surface area (Å²) in [5.74, 6) is -0.971. The van der Waals surface area contributed by atoms with E-state index < -0.39 is 12.0 Å². The van der Waals surface area contributed by atoms with Crippen LogP contribution in [-0.4, -0.2) is 30.4 Å². The van der Waals surface area contributed by atoms with Crippen LogP contribution in [0.5, 0.6) is 0 Å². The van der Waals surface area contributed by atoms with E-state index in [4.69, 9.17) is 9.47 Å². The van der Waals surface area contributed by atoms with Crippen LogP contribution in [0.1, 0.15) is 32.8 Å². The van der Waals surface area contributed by atoms with Crippen molar-refractivity contribution in [3.8, 4) is 0 Å². The molecule has 2 atom stereocenters. The maximum absolute atomic E-state index is 12.0. The van der Waals surface area contributed by atoms with Crippen molar-refractivity contribution < 1.29 is 19.4 Å². The molecule has 0 saturated carbocycles. The Hall–Kier alpha value is -1.65. The molecule has 0 heterocycles. The van der Waals surface area contributed by atoms with Gasteiger partial charge in [-0.3, -0.25) is 4.79 Å². The summed E-state index contributed by atoms with van der Waals surface area (Å²) < 4.78 is 10.6. The van der Waals surface area contributed by atoms with Gasteiger partial charge in [0.1, 0.15) is 0 Å². The van der Waals surface area contributed by atoms with Crippen LogP contribution in [0.15, 0.2) is 42.0 Å². The minimum Gasteiger partial charge on any atom is -0.466 e. The number of aliphatic hydroxyl groups excluding tert-OH is 1. The highest BCUT2D eigenvalue weighted by Crippen LogP contribution is 2.15. The van der Waals surface area contributed by atoms with Crippen molar-refractivity contribution in [3.05, 3.63) is 47.5 Å². The number of aliphatic hydroxyl groups is 1. The van der Waals surface area contributed by atoms with E-state index in [-0.39, 0.29) is 12.6 Å². The third-order valence-corrected chi connectivity index (χ3v) is 3.23. The Kier molecular flexibility index (Phi) is 8.48. The van der Waals surface area contributed by atoms with Crippen LogP contribution >= 0.6 is 0 Å². The van der Waals surface area contributed by atoms with Gasteiger partial charge in [-0.15, -0.1) is 0 Å². The molecule has 0 unspecified atom stereocenters. The molecular formula is C18H26O4. The van der Waals surface area contributed by atoms with Gasteiger partial charge in [0, 0.05) is 0 Å². The first-order valence-corrected chi connectivity index (χ1v) is 7.64. The summed E-state index contributed by atoms with van der Waals surface area (Å²) in [6.07, 6.45) is 1.51. The Bertz CT molecular complexity index is 463. The van der Waals surface area contributed by atoms with Crippen LogP contribution in [0.2, 0.25) is 0 Å². The standard InChI is InChI=1S/C18H26O4/c1-4-22-18(20)16(11-10-14(2)3)17(19)13-21-12-15-8-6-5-7-9-15/h5-10,16-17,19H,4,11-13H2,1-3H3/t16-,17-/m0/s1. The highest BCUT2D eigenvalue weighted by atomic mass is 16.5. The predicted octanol–water partition coefficient (Wildman–Crippen LogP) is 3.10. The van der Waals surface area contributed by atoms with Crippen molar-refractivity contribution in [1.29, 1.82) is 0 Å². The van der Waals surface area contributed by atoms with Gasteiger partial charge in [-0.2, -0.15) is 0 Å². The summed E-state index contributed by atoms with van der Waals surface area (Å²) in [4.78, 5) is 12.0. The van der Waals surface area contributed by atoms with Crippen LogP contribution in [0.3, 0.4) is 0 Å². The van der Waals surface area contributed by atoms with Gasteiger partial charge in [-0.05, 0) is 32.8 Å².